The molecule has 28 heavy (non-hydrogen) atoms. The Morgan fingerprint density at radius 1 is 1.04 bits per heavy atom. The number of piperidine rings is 1. The van der Waals surface area contributed by atoms with Crippen LogP contribution in [0.2, 0.25) is 0 Å². The first-order valence-electron chi connectivity index (χ1n) is 10.1. The maximum atomic E-state index is 11.1. The summed E-state index contributed by atoms with van der Waals surface area (Å²) in [5.74, 6) is 1.45. The molecule has 1 saturated heterocycles. The summed E-state index contributed by atoms with van der Waals surface area (Å²) >= 11 is 0. The van der Waals surface area contributed by atoms with Crippen LogP contribution in [0, 0.1) is 6.92 Å². The molecule has 0 radical (unpaired) electrons. The van der Waals surface area contributed by atoms with Crippen LogP contribution in [0.1, 0.15) is 42.1 Å². The van der Waals surface area contributed by atoms with Gasteiger partial charge in [0.2, 0.25) is 0 Å². The number of aliphatic hydroxyl groups excluding tert-OH is 1. The molecule has 0 aromatic heterocycles. The third-order valence-electron chi connectivity index (χ3n) is 5.92. The molecule has 0 aliphatic carbocycles. The van der Waals surface area contributed by atoms with Crippen LogP contribution in [0.3, 0.4) is 0 Å². The second-order valence-corrected chi connectivity index (χ2v) is 7.92. The SMILES string of the molecule is Cc1ccccc1C1(O)CCN(C[C@@H](O)c2ccc3c(c2)OCCCO3)CC1. The Kier molecular flexibility index (Phi) is 5.58. The number of likely N-dealkylation sites (tertiary alicyclic amines) is 1. The van der Waals surface area contributed by atoms with Crippen LogP contribution in [0.25, 0.3) is 0 Å². The van der Waals surface area contributed by atoms with E-state index in [0.717, 1.165) is 42.0 Å². The fraction of sp³-hybridized carbons (Fsp3) is 0.478. The molecule has 2 heterocycles. The lowest BCUT2D eigenvalue weighted by molar-refractivity contribution is -0.0349. The predicted octanol–water partition coefficient (Wildman–Crippen LogP) is 3.17. The van der Waals surface area contributed by atoms with E-state index in [1.54, 1.807) is 0 Å². The third-order valence-corrected chi connectivity index (χ3v) is 5.92. The molecule has 0 unspecified atom stereocenters. The molecule has 5 heteroatoms. The summed E-state index contributed by atoms with van der Waals surface area (Å²) in [6, 6.07) is 13.7. The van der Waals surface area contributed by atoms with Crippen molar-refractivity contribution in [3.8, 4) is 11.5 Å². The quantitative estimate of drug-likeness (QED) is 0.849. The lowest BCUT2D eigenvalue weighted by atomic mass is 9.82. The minimum Gasteiger partial charge on any atom is -0.490 e. The van der Waals surface area contributed by atoms with Crippen molar-refractivity contribution in [3.63, 3.8) is 0 Å². The largest absolute Gasteiger partial charge is 0.490 e. The Morgan fingerprint density at radius 3 is 2.50 bits per heavy atom. The van der Waals surface area contributed by atoms with Gasteiger partial charge in [0, 0.05) is 26.1 Å². The summed E-state index contributed by atoms with van der Waals surface area (Å²) in [7, 11) is 0. The number of hydrogen-bond donors (Lipinski definition) is 2. The topological polar surface area (TPSA) is 62.2 Å². The highest BCUT2D eigenvalue weighted by Gasteiger charge is 2.35. The molecule has 1 fully saturated rings. The Balaban J connectivity index is 1.38. The first kappa shape index (κ1) is 19.2. The van der Waals surface area contributed by atoms with Gasteiger partial charge in [0.25, 0.3) is 0 Å². The second-order valence-electron chi connectivity index (χ2n) is 7.92. The van der Waals surface area contributed by atoms with E-state index < -0.39 is 11.7 Å². The van der Waals surface area contributed by atoms with Crippen molar-refractivity contribution in [3.05, 3.63) is 59.2 Å². The molecule has 4 rings (SSSR count). The zero-order valence-corrected chi connectivity index (χ0v) is 16.4. The Morgan fingerprint density at radius 2 is 1.75 bits per heavy atom. The zero-order chi connectivity index (χ0) is 19.6. The Labute approximate surface area is 166 Å². The van der Waals surface area contributed by atoms with Crippen LogP contribution < -0.4 is 9.47 Å². The van der Waals surface area contributed by atoms with E-state index in [1.165, 1.54) is 0 Å². The molecule has 0 bridgehead atoms. The molecule has 2 aliphatic heterocycles. The van der Waals surface area contributed by atoms with Crippen LogP contribution in [-0.2, 0) is 5.60 Å². The summed E-state index contributed by atoms with van der Waals surface area (Å²) in [4.78, 5) is 2.22. The highest BCUT2D eigenvalue weighted by molar-refractivity contribution is 5.44. The number of nitrogens with zero attached hydrogens (tertiary/aromatic N) is 1. The number of aryl methyl sites for hydroxylation is 1. The molecular weight excluding hydrogens is 354 g/mol. The molecule has 2 aromatic rings. The second kappa shape index (κ2) is 8.11. The average molecular weight is 383 g/mol. The Hall–Kier alpha value is -2.08. The Bertz CT molecular complexity index is 814. The predicted molar refractivity (Wildman–Crippen MR) is 108 cm³/mol. The molecule has 2 aliphatic rings. The van der Waals surface area contributed by atoms with Gasteiger partial charge in [-0.2, -0.15) is 0 Å². The molecule has 1 atom stereocenters. The molecule has 0 saturated carbocycles. The lowest BCUT2D eigenvalue weighted by Gasteiger charge is -2.39. The van der Waals surface area contributed by atoms with Crippen molar-refractivity contribution in [1.82, 2.24) is 4.90 Å². The monoisotopic (exact) mass is 383 g/mol. The molecule has 2 N–H and O–H groups in total. The van der Waals surface area contributed by atoms with Crippen molar-refractivity contribution < 1.29 is 19.7 Å². The van der Waals surface area contributed by atoms with Crippen molar-refractivity contribution >= 4 is 0 Å². The van der Waals surface area contributed by atoms with Crippen molar-refractivity contribution in [1.29, 1.82) is 0 Å². The van der Waals surface area contributed by atoms with Crippen LogP contribution in [0.4, 0.5) is 0 Å². The van der Waals surface area contributed by atoms with Crippen molar-refractivity contribution in [2.45, 2.75) is 37.9 Å². The average Bonchev–Trinajstić information content (AvgIpc) is 2.95. The molecular formula is C23H29NO4. The first-order chi connectivity index (χ1) is 13.5. The summed E-state index contributed by atoms with van der Waals surface area (Å²) in [6.07, 6.45) is 1.61. The molecule has 0 spiro atoms. The van der Waals surface area contributed by atoms with Gasteiger partial charge in [-0.1, -0.05) is 30.3 Å². The van der Waals surface area contributed by atoms with Gasteiger partial charge >= 0.3 is 0 Å². The number of rotatable bonds is 4. The minimum absolute atomic E-state index is 0.545. The lowest BCUT2D eigenvalue weighted by Crippen LogP contribution is -2.44. The highest BCUT2D eigenvalue weighted by atomic mass is 16.5. The third kappa shape index (κ3) is 4.02. The highest BCUT2D eigenvalue weighted by Crippen LogP contribution is 2.36. The number of ether oxygens (including phenoxy) is 2. The van der Waals surface area contributed by atoms with Crippen LogP contribution in [-0.4, -0.2) is 48.0 Å². The van der Waals surface area contributed by atoms with Gasteiger partial charge in [0.05, 0.1) is 24.9 Å². The van der Waals surface area contributed by atoms with Gasteiger partial charge in [-0.15, -0.1) is 0 Å². The number of β-amino-alcohol motifs (C(OH)–C–C–N with tert-alkyl or cyclic N) is 1. The summed E-state index contributed by atoms with van der Waals surface area (Å²) in [6.45, 7) is 5.40. The van der Waals surface area contributed by atoms with Crippen LogP contribution >= 0.6 is 0 Å². The normalized spacial score (nSPS) is 20.4. The molecule has 2 aromatic carbocycles. The van der Waals surface area contributed by atoms with E-state index in [9.17, 15) is 10.2 Å². The fourth-order valence-electron chi connectivity index (χ4n) is 4.21. The molecule has 5 nitrogen and oxygen atoms in total. The van der Waals surface area contributed by atoms with E-state index in [4.69, 9.17) is 9.47 Å². The standard InChI is InChI=1S/C23H29NO4/c1-17-5-2-3-6-19(17)23(26)9-11-24(12-10-23)16-20(25)18-7-8-21-22(15-18)28-14-4-13-27-21/h2-3,5-8,15,20,25-26H,4,9-14,16H2,1H3/t20-/m1/s1. The fourth-order valence-corrected chi connectivity index (χ4v) is 4.21. The number of fused-ring (bicyclic) bond motifs is 1. The van der Waals surface area contributed by atoms with Crippen LogP contribution in [0.5, 0.6) is 11.5 Å². The van der Waals surface area contributed by atoms with E-state index in [0.29, 0.717) is 38.3 Å². The first-order valence-corrected chi connectivity index (χ1v) is 10.1. The maximum Gasteiger partial charge on any atom is 0.161 e. The summed E-state index contributed by atoms with van der Waals surface area (Å²) in [5.41, 5.74) is 2.22. The van der Waals surface area contributed by atoms with Gasteiger partial charge < -0.3 is 24.6 Å². The molecule has 0 amide bonds. The van der Waals surface area contributed by atoms with Crippen molar-refractivity contribution in [2.75, 3.05) is 32.8 Å². The van der Waals surface area contributed by atoms with E-state index in [-0.39, 0.29) is 0 Å². The van der Waals surface area contributed by atoms with Gasteiger partial charge in [-0.05, 0) is 48.6 Å². The van der Waals surface area contributed by atoms with Gasteiger partial charge in [-0.3, -0.25) is 0 Å². The number of aliphatic hydroxyl groups is 2. The van der Waals surface area contributed by atoms with Gasteiger partial charge in [0.1, 0.15) is 0 Å². The minimum atomic E-state index is -0.776. The zero-order valence-electron chi connectivity index (χ0n) is 16.4. The number of hydrogen-bond acceptors (Lipinski definition) is 5. The summed E-state index contributed by atoms with van der Waals surface area (Å²) in [5, 5.41) is 21.9. The van der Waals surface area contributed by atoms with E-state index in [1.807, 2.05) is 49.4 Å². The van der Waals surface area contributed by atoms with Gasteiger partial charge in [-0.25, -0.2) is 0 Å². The van der Waals surface area contributed by atoms with Gasteiger partial charge in [0.15, 0.2) is 11.5 Å². The number of benzene rings is 2. The van der Waals surface area contributed by atoms with E-state index in [2.05, 4.69) is 4.90 Å². The van der Waals surface area contributed by atoms with E-state index >= 15 is 0 Å². The molecule has 150 valence electrons. The maximum absolute atomic E-state index is 11.1. The summed E-state index contributed by atoms with van der Waals surface area (Å²) < 4.78 is 11.4. The smallest absolute Gasteiger partial charge is 0.161 e. The van der Waals surface area contributed by atoms with Crippen LogP contribution in [0.15, 0.2) is 42.5 Å². The van der Waals surface area contributed by atoms with Crippen molar-refractivity contribution in [2.24, 2.45) is 0 Å².